The second kappa shape index (κ2) is 11.8. The molecule has 2 heterocycles. The van der Waals surface area contributed by atoms with Gasteiger partial charge in [-0.25, -0.2) is 8.78 Å². The number of halogens is 2. The third-order valence-electron chi connectivity index (χ3n) is 9.57. The Bertz CT molecular complexity index is 1270. The Morgan fingerprint density at radius 1 is 0.650 bits per heavy atom. The van der Waals surface area contributed by atoms with Crippen LogP contribution >= 0.6 is 0 Å². The molecule has 3 aromatic rings. The zero-order valence-electron chi connectivity index (χ0n) is 23.2. The van der Waals surface area contributed by atoms with Crippen LogP contribution in [0, 0.1) is 23.5 Å². The van der Waals surface area contributed by atoms with Crippen LogP contribution in [-0.2, 0) is 19.4 Å². The Labute approximate surface area is 236 Å². The molecule has 1 aliphatic heterocycles. The molecule has 0 spiro atoms. The number of benzene rings is 2. The number of fused-ring (bicyclic) bond motifs is 1. The fraction of sp³-hybridized carbons (Fsp3) is 0.471. The first-order valence-electron chi connectivity index (χ1n) is 15.1. The van der Waals surface area contributed by atoms with Crippen LogP contribution in [-0.4, -0.2) is 39.3 Å². The maximum absolute atomic E-state index is 13.7. The summed E-state index contributed by atoms with van der Waals surface area (Å²) < 4.78 is 29.2. The third-order valence-corrected chi connectivity index (χ3v) is 9.57. The maximum atomic E-state index is 13.7. The third kappa shape index (κ3) is 5.56. The summed E-state index contributed by atoms with van der Waals surface area (Å²) in [4.78, 5) is 2.57. The van der Waals surface area contributed by atoms with E-state index in [-0.39, 0.29) is 11.6 Å². The topological polar surface area (TPSA) is 48.6 Å². The van der Waals surface area contributed by atoms with E-state index in [1.54, 1.807) is 4.57 Å². The first-order valence-corrected chi connectivity index (χ1v) is 15.1. The van der Waals surface area contributed by atoms with Gasteiger partial charge in [-0.05, 0) is 104 Å². The van der Waals surface area contributed by atoms with Crippen molar-refractivity contribution in [1.82, 2.24) is 9.47 Å². The molecular formula is C34H40F2N2O2. The molecular weight excluding hydrogens is 506 g/mol. The summed E-state index contributed by atoms with van der Waals surface area (Å²) in [7, 11) is 0. The van der Waals surface area contributed by atoms with Crippen LogP contribution in [0.4, 0.5) is 8.78 Å². The highest BCUT2D eigenvalue weighted by Gasteiger charge is 2.32. The molecule has 2 atom stereocenters. The van der Waals surface area contributed by atoms with E-state index in [0.717, 1.165) is 92.4 Å². The summed E-state index contributed by atoms with van der Waals surface area (Å²) in [5.74, 6) is 1.03. The fourth-order valence-corrected chi connectivity index (χ4v) is 7.39. The summed E-state index contributed by atoms with van der Waals surface area (Å²) in [6.07, 6.45) is 10.5. The molecule has 0 amide bonds. The summed E-state index contributed by atoms with van der Waals surface area (Å²) in [6.45, 7) is 3.63. The molecule has 1 saturated heterocycles. The van der Waals surface area contributed by atoms with E-state index >= 15 is 0 Å². The molecule has 0 bridgehead atoms. The van der Waals surface area contributed by atoms with Crippen molar-refractivity contribution in [3.8, 4) is 11.8 Å². The number of hydrogen-bond acceptors (Lipinski definition) is 3. The van der Waals surface area contributed by atoms with Gasteiger partial charge in [0.1, 0.15) is 11.6 Å². The Morgan fingerprint density at radius 2 is 1.12 bits per heavy atom. The van der Waals surface area contributed by atoms with Gasteiger partial charge in [-0.15, -0.1) is 0 Å². The number of aromatic nitrogens is 1. The summed E-state index contributed by atoms with van der Waals surface area (Å²) in [5, 5.41) is 21.9. The minimum absolute atomic E-state index is 0.259. The Balaban J connectivity index is 1.17. The smallest absolute Gasteiger partial charge is 0.197 e. The molecule has 6 heteroatoms. The molecule has 3 aliphatic rings. The Morgan fingerprint density at radius 3 is 1.62 bits per heavy atom. The number of likely N-dealkylation sites (tertiary alicyclic amines) is 1. The monoisotopic (exact) mass is 546 g/mol. The second-order valence-electron chi connectivity index (χ2n) is 12.0. The number of nitrogens with zero attached hydrogens (tertiary/aromatic N) is 2. The number of piperidine rings is 1. The predicted molar refractivity (Wildman–Crippen MR) is 154 cm³/mol. The fourth-order valence-electron chi connectivity index (χ4n) is 7.39. The lowest BCUT2D eigenvalue weighted by Gasteiger charge is -2.38. The molecule has 2 aromatic carbocycles. The van der Waals surface area contributed by atoms with Crippen molar-refractivity contribution in [2.24, 2.45) is 11.8 Å². The zero-order chi connectivity index (χ0) is 27.6. The van der Waals surface area contributed by atoms with Crippen molar-refractivity contribution < 1.29 is 19.0 Å². The first kappa shape index (κ1) is 27.1. The van der Waals surface area contributed by atoms with E-state index in [1.807, 2.05) is 24.3 Å². The number of hydrogen-bond donors (Lipinski definition) is 2. The Kier molecular flexibility index (Phi) is 7.97. The van der Waals surface area contributed by atoms with E-state index in [9.17, 15) is 19.0 Å². The van der Waals surface area contributed by atoms with Crippen LogP contribution < -0.4 is 0 Å². The minimum atomic E-state index is -0.259. The van der Waals surface area contributed by atoms with Gasteiger partial charge in [0.05, 0.1) is 0 Å². The summed E-state index contributed by atoms with van der Waals surface area (Å²) in [6, 6.07) is 13.3. The summed E-state index contributed by atoms with van der Waals surface area (Å²) >= 11 is 0. The molecule has 2 unspecified atom stereocenters. The molecule has 6 rings (SSSR count). The quantitative estimate of drug-likeness (QED) is 0.337. The van der Waals surface area contributed by atoms with Crippen molar-refractivity contribution >= 4 is 5.57 Å². The van der Waals surface area contributed by atoms with Crippen molar-refractivity contribution in [2.45, 2.75) is 70.8 Å². The minimum Gasteiger partial charge on any atom is -0.494 e. The van der Waals surface area contributed by atoms with Gasteiger partial charge in [0.15, 0.2) is 11.8 Å². The standard InChI is InChI=1S/C34H40F2N2O2/c35-28-13-9-23(10-14-28)32(24-11-15-29(36)16-12-24)25-17-19-37(20-18-25)21-26-5-1-2-6-27(26)22-38-33(39)30-7-3-4-8-31(30)34(38)40/h9-16,26-27,39-40H,1-8,17-22H2. The second-order valence-corrected chi connectivity index (χ2v) is 12.0. The number of aromatic hydroxyl groups is 2. The van der Waals surface area contributed by atoms with Crippen LogP contribution in [0.3, 0.4) is 0 Å². The lowest BCUT2D eigenvalue weighted by molar-refractivity contribution is 0.129. The van der Waals surface area contributed by atoms with Gasteiger partial charge < -0.3 is 15.1 Å². The normalized spacial score (nSPS) is 21.8. The molecule has 2 N–H and O–H groups in total. The molecule has 2 aliphatic carbocycles. The van der Waals surface area contributed by atoms with Crippen LogP contribution in [0.1, 0.15) is 73.6 Å². The molecule has 40 heavy (non-hydrogen) atoms. The largest absolute Gasteiger partial charge is 0.494 e. The lowest BCUT2D eigenvalue weighted by Crippen LogP contribution is -2.39. The molecule has 212 valence electrons. The van der Waals surface area contributed by atoms with Crippen molar-refractivity contribution in [3.63, 3.8) is 0 Å². The van der Waals surface area contributed by atoms with Gasteiger partial charge in [-0.1, -0.05) is 42.7 Å². The van der Waals surface area contributed by atoms with Gasteiger partial charge in [-0.2, -0.15) is 0 Å². The van der Waals surface area contributed by atoms with E-state index in [1.165, 1.54) is 49.1 Å². The van der Waals surface area contributed by atoms with Gasteiger partial charge in [0.2, 0.25) is 0 Å². The molecule has 0 radical (unpaired) electrons. The first-order chi connectivity index (χ1) is 19.5. The average molecular weight is 547 g/mol. The summed E-state index contributed by atoms with van der Waals surface area (Å²) in [5.41, 5.74) is 6.30. The highest BCUT2D eigenvalue weighted by Crippen LogP contribution is 2.42. The maximum Gasteiger partial charge on any atom is 0.197 e. The van der Waals surface area contributed by atoms with Crippen molar-refractivity contribution in [1.29, 1.82) is 0 Å². The predicted octanol–water partition coefficient (Wildman–Crippen LogP) is 7.46. The van der Waals surface area contributed by atoms with Gasteiger partial charge in [-0.3, -0.25) is 4.57 Å². The molecule has 1 saturated carbocycles. The van der Waals surface area contributed by atoms with E-state index in [4.69, 9.17) is 0 Å². The van der Waals surface area contributed by atoms with E-state index in [2.05, 4.69) is 4.90 Å². The van der Waals surface area contributed by atoms with Gasteiger partial charge in [0, 0.05) is 37.3 Å². The number of rotatable bonds is 6. The van der Waals surface area contributed by atoms with Crippen LogP contribution in [0.25, 0.3) is 5.57 Å². The molecule has 4 nitrogen and oxygen atoms in total. The average Bonchev–Trinajstić information content (AvgIpc) is 3.22. The lowest BCUT2D eigenvalue weighted by atomic mass is 9.78. The van der Waals surface area contributed by atoms with Crippen molar-refractivity contribution in [3.05, 3.63) is 88.0 Å². The SMILES string of the molecule is Oc1c2c(c(O)n1CC1CCCCC1CN1CCC(=C(c3ccc(F)cc3)c3ccc(F)cc3)CC1)CCCC2. The Hall–Kier alpha value is -3.12. The highest BCUT2D eigenvalue weighted by molar-refractivity contribution is 5.82. The zero-order valence-corrected chi connectivity index (χ0v) is 23.2. The molecule has 1 aromatic heterocycles. The molecule has 2 fully saturated rings. The van der Waals surface area contributed by atoms with E-state index in [0.29, 0.717) is 30.1 Å². The van der Waals surface area contributed by atoms with Gasteiger partial charge >= 0.3 is 0 Å². The van der Waals surface area contributed by atoms with Crippen LogP contribution in [0.5, 0.6) is 11.8 Å². The highest BCUT2D eigenvalue weighted by atomic mass is 19.1. The van der Waals surface area contributed by atoms with E-state index < -0.39 is 0 Å². The van der Waals surface area contributed by atoms with Crippen molar-refractivity contribution in [2.75, 3.05) is 19.6 Å². The van der Waals surface area contributed by atoms with Crippen LogP contribution in [0.2, 0.25) is 0 Å². The van der Waals surface area contributed by atoms with Gasteiger partial charge in [0.25, 0.3) is 0 Å². The van der Waals surface area contributed by atoms with Crippen LogP contribution in [0.15, 0.2) is 54.1 Å².